The molecule has 6 N–H and O–H groups in total. The maximum atomic E-state index is 11.0. The first-order valence-electron chi connectivity index (χ1n) is 24.2. The number of likely N-dealkylation sites (tertiary alicyclic amines) is 1. The minimum absolute atomic E-state index is 0.00463. The number of carboxylic acids is 1. The topological polar surface area (TPSA) is 176 Å². The normalized spacial score (nSPS) is 10.6. The number of rotatable bonds is 15. The van der Waals surface area contributed by atoms with Gasteiger partial charge in [0.05, 0.1) is 24.4 Å². The average molecular weight is 1090 g/mol. The van der Waals surface area contributed by atoms with Crippen molar-refractivity contribution in [3.8, 4) is 0 Å². The van der Waals surface area contributed by atoms with E-state index in [0.29, 0.717) is 5.56 Å². The molecule has 3 aromatic rings. The third-order valence-corrected chi connectivity index (χ3v) is 11.0. The summed E-state index contributed by atoms with van der Waals surface area (Å²) in [5.74, 6) is 1.83. The summed E-state index contributed by atoms with van der Waals surface area (Å²) in [5.41, 5.74) is 5.28. The van der Waals surface area contributed by atoms with Gasteiger partial charge in [0.2, 0.25) is 11.8 Å². The number of methoxy groups -OCH3 is 1. The number of esters is 1. The lowest BCUT2D eigenvalue weighted by Crippen LogP contribution is -2.36. The molecule has 2 amide bonds. The Morgan fingerprint density at radius 3 is 1.43 bits per heavy atom. The zero-order chi connectivity index (χ0) is 56.4. The summed E-state index contributed by atoms with van der Waals surface area (Å²) in [6.07, 6.45) is 12.0. The molecular formula is C54H101N7O7S4. The molecule has 72 heavy (non-hydrogen) atoms. The lowest BCUT2D eigenvalue weighted by Gasteiger charge is -2.25. The van der Waals surface area contributed by atoms with Gasteiger partial charge in [-0.25, -0.2) is 4.79 Å². The number of carbonyl (C=O) groups excluding carboxylic acids is 3. The molecule has 14 nitrogen and oxygen atoms in total. The van der Waals surface area contributed by atoms with E-state index in [9.17, 15) is 19.2 Å². The Bertz CT molecular complexity index is 1580. The van der Waals surface area contributed by atoms with Crippen LogP contribution in [-0.2, 0) is 24.9 Å². The van der Waals surface area contributed by atoms with Crippen molar-refractivity contribution < 1.29 is 34.1 Å². The summed E-state index contributed by atoms with van der Waals surface area (Å²) >= 11 is 6.43. The van der Waals surface area contributed by atoms with Crippen LogP contribution in [0.2, 0.25) is 0 Å². The molecule has 418 valence electrons. The van der Waals surface area contributed by atoms with Gasteiger partial charge in [0.25, 0.3) is 0 Å². The predicted octanol–water partition coefficient (Wildman–Crippen LogP) is 9.54. The average Bonchev–Trinajstić information content (AvgIpc) is 3.40. The Morgan fingerprint density at radius 1 is 0.694 bits per heavy atom. The Labute approximate surface area is 456 Å². The van der Waals surface area contributed by atoms with Crippen molar-refractivity contribution in [2.45, 2.75) is 80.4 Å². The number of carboxylic acid groups (broad SMARTS) is 1. The number of aliphatic hydroxyl groups is 1. The molecule has 3 aromatic carbocycles. The number of benzene rings is 3. The molecule has 0 saturated carbocycles. The standard InChI is InChI=1S/C10H13NO.C9H10O2.C8H10S.C7H16N2.C6H16N2.C3H7NO.C3H9N.C3H6O2S.C3H8S.C2H6OS/c1-8-4-6-10(7-5-8)11(3)9(2)12;1-7-3-5-8(6-4-7)9(10)11-2;1-9-7-8-5-3-2-4-6-8;1-8-7-9-5-3-2-4-6-9;1-4-8(5-2)6-7-3;1-3(5)4-2;1-3-4-2;1-6-2-3(4)5;1-3-4-2;1-4-2-3/h4-7H,1-3H3;3-6H,1-2H3;2-6H,7H2,1H3;8H,2-7H2,1H3;7H,4-6H2,1-3H3;1-2H3,(H,4,5);4H,3H2,1-2H3;2H2,1H3,(H,4,5);3H2,1-2H3;3H,2H2,1H3. The minimum Gasteiger partial charge on any atom is -0.481 e. The van der Waals surface area contributed by atoms with Crippen molar-refractivity contribution in [2.75, 3.05) is 136 Å². The smallest absolute Gasteiger partial charge is 0.337 e. The lowest BCUT2D eigenvalue weighted by molar-refractivity contribution is -0.134. The van der Waals surface area contributed by atoms with E-state index in [1.807, 2.05) is 107 Å². The van der Waals surface area contributed by atoms with Crippen LogP contribution in [0.4, 0.5) is 5.69 Å². The molecule has 0 aromatic heterocycles. The van der Waals surface area contributed by atoms with Crippen LogP contribution >= 0.6 is 47.0 Å². The fraction of sp³-hybridized carbons (Fsp3) is 0.593. The van der Waals surface area contributed by atoms with E-state index >= 15 is 0 Å². The molecule has 1 aliphatic rings. The van der Waals surface area contributed by atoms with Crippen molar-refractivity contribution in [3.63, 3.8) is 0 Å². The molecule has 0 atom stereocenters. The van der Waals surface area contributed by atoms with Gasteiger partial charge in [0.1, 0.15) is 0 Å². The van der Waals surface area contributed by atoms with E-state index in [4.69, 9.17) is 10.2 Å². The van der Waals surface area contributed by atoms with Crippen molar-refractivity contribution in [2.24, 2.45) is 0 Å². The fourth-order valence-corrected chi connectivity index (χ4v) is 5.41. The quantitative estimate of drug-likeness (QED) is 0.0626. The summed E-state index contributed by atoms with van der Waals surface area (Å²) in [7, 11) is 10.7. The highest BCUT2D eigenvalue weighted by atomic mass is 32.2. The molecule has 0 aliphatic carbocycles. The molecule has 1 aliphatic heterocycles. The first-order chi connectivity index (χ1) is 34.3. The first-order valence-corrected chi connectivity index (χ1v) is 29.8. The van der Waals surface area contributed by atoms with E-state index in [-0.39, 0.29) is 29.5 Å². The highest BCUT2D eigenvalue weighted by Gasteiger charge is 2.07. The van der Waals surface area contributed by atoms with Crippen LogP contribution in [0.5, 0.6) is 0 Å². The number of thioether (sulfide) groups is 4. The number of nitrogens with one attached hydrogen (secondary N) is 4. The largest absolute Gasteiger partial charge is 0.481 e. The molecule has 0 spiro atoms. The number of nitrogens with zero attached hydrogens (tertiary/aromatic N) is 3. The molecule has 0 radical (unpaired) electrons. The SMILES string of the molecule is CC(=O)N(C)c1ccc(C)cc1.CCN(CC)CNC.CCNC.CCSC.CNC(C)=O.CNCN1CCCCC1.COC(=O)c1ccc(C)cc1.CSCC(=O)O.CSCO.CSCc1ccccc1. The molecule has 0 unspecified atom stereocenters. The summed E-state index contributed by atoms with van der Waals surface area (Å²) in [6.45, 7) is 23.6. The predicted molar refractivity (Wildman–Crippen MR) is 323 cm³/mol. The number of aliphatic hydroxyl groups excluding tert-OH is 1. The number of carbonyl (C=O) groups is 4. The summed E-state index contributed by atoms with van der Waals surface area (Å²) in [6, 6.07) is 25.6. The number of hydrogen-bond acceptors (Lipinski definition) is 15. The van der Waals surface area contributed by atoms with E-state index in [0.717, 1.165) is 50.0 Å². The third kappa shape index (κ3) is 62.8. The molecule has 4 rings (SSSR count). The molecule has 18 heteroatoms. The first kappa shape index (κ1) is 80.1. The van der Waals surface area contributed by atoms with Crippen molar-refractivity contribution in [1.82, 2.24) is 31.1 Å². The van der Waals surface area contributed by atoms with Crippen LogP contribution < -0.4 is 26.2 Å². The minimum atomic E-state index is -0.748. The van der Waals surface area contributed by atoms with Gasteiger partial charge < -0.3 is 41.1 Å². The fourth-order valence-electron chi connectivity index (χ4n) is 4.63. The van der Waals surface area contributed by atoms with Crippen LogP contribution in [0.3, 0.4) is 0 Å². The van der Waals surface area contributed by atoms with Gasteiger partial charge in [-0.15, -0.1) is 11.8 Å². The van der Waals surface area contributed by atoms with Gasteiger partial charge in [-0.05, 0) is 141 Å². The number of piperidine rings is 1. The number of ether oxygens (including phenoxy) is 1. The summed E-state index contributed by atoms with van der Waals surface area (Å²) in [4.78, 5) is 47.5. The van der Waals surface area contributed by atoms with Crippen molar-refractivity contribution in [3.05, 3.63) is 101 Å². The number of hydrogen-bond donors (Lipinski definition) is 6. The third-order valence-electron chi connectivity index (χ3n) is 9.02. The van der Waals surface area contributed by atoms with E-state index in [1.54, 1.807) is 44.3 Å². The second kappa shape index (κ2) is 63.8. The second-order valence-electron chi connectivity index (χ2n) is 15.0. The van der Waals surface area contributed by atoms with Crippen LogP contribution in [0.1, 0.15) is 87.9 Å². The Balaban J connectivity index is -0.000000172. The maximum absolute atomic E-state index is 11.0. The van der Waals surface area contributed by atoms with Crippen LogP contribution in [0, 0.1) is 13.8 Å². The lowest BCUT2D eigenvalue weighted by atomic mass is 10.1. The molecular weight excluding hydrogens is 987 g/mol. The van der Waals surface area contributed by atoms with E-state index in [2.05, 4.69) is 100 Å². The molecule has 0 bridgehead atoms. The molecule has 1 saturated heterocycles. The Hall–Kier alpha value is -3.30. The number of amides is 2. The summed E-state index contributed by atoms with van der Waals surface area (Å²) in [5, 5.41) is 27.3. The highest BCUT2D eigenvalue weighted by Crippen LogP contribution is 2.13. The zero-order valence-corrected chi connectivity index (χ0v) is 51.1. The van der Waals surface area contributed by atoms with Crippen LogP contribution in [-0.4, -0.2) is 175 Å². The number of aryl methyl sites for hydroxylation is 2. The second-order valence-corrected chi connectivity index (χ2v) is 18.8. The van der Waals surface area contributed by atoms with E-state index < -0.39 is 5.97 Å². The Kier molecular flexibility index (Phi) is 71.0. The van der Waals surface area contributed by atoms with Crippen LogP contribution in [0.25, 0.3) is 0 Å². The zero-order valence-electron chi connectivity index (χ0n) is 47.8. The maximum Gasteiger partial charge on any atom is 0.337 e. The molecule has 1 fully saturated rings. The van der Waals surface area contributed by atoms with Gasteiger partial charge in [-0.3, -0.25) is 24.2 Å². The number of aliphatic carboxylic acids is 1. The van der Waals surface area contributed by atoms with Gasteiger partial charge in [0, 0.05) is 52.7 Å². The molecule has 1 heterocycles. The Morgan fingerprint density at radius 2 is 1.15 bits per heavy atom. The van der Waals surface area contributed by atoms with Gasteiger partial charge in [-0.2, -0.15) is 35.3 Å². The summed E-state index contributed by atoms with van der Waals surface area (Å²) < 4.78 is 4.54. The monoisotopic (exact) mass is 1090 g/mol. The van der Waals surface area contributed by atoms with E-state index in [1.165, 1.54) is 86.8 Å². The van der Waals surface area contributed by atoms with Gasteiger partial charge in [-0.1, -0.05) is 99.8 Å². The van der Waals surface area contributed by atoms with Gasteiger partial charge in [0.15, 0.2) is 0 Å². The highest BCUT2D eigenvalue weighted by molar-refractivity contribution is 7.99. The van der Waals surface area contributed by atoms with Crippen molar-refractivity contribution >= 4 is 76.5 Å². The van der Waals surface area contributed by atoms with Crippen LogP contribution in [0.15, 0.2) is 78.9 Å². The van der Waals surface area contributed by atoms with Crippen molar-refractivity contribution in [1.29, 1.82) is 0 Å². The van der Waals surface area contributed by atoms with Gasteiger partial charge >= 0.3 is 11.9 Å². The number of anilines is 1.